The van der Waals surface area contributed by atoms with Crippen molar-refractivity contribution in [2.24, 2.45) is 0 Å². The molecule has 0 unspecified atom stereocenters. The monoisotopic (exact) mass is 699 g/mol. The Hall–Kier alpha value is -7.36. The maximum atomic E-state index is 2.53. The fraction of sp³-hybridized carbons (Fsp3) is 0. The third kappa shape index (κ3) is 4.38. The van der Waals surface area contributed by atoms with Gasteiger partial charge in [-0.3, -0.25) is 0 Å². The van der Waals surface area contributed by atoms with Gasteiger partial charge in [-0.15, -0.1) is 0 Å². The van der Waals surface area contributed by atoms with Gasteiger partial charge in [-0.1, -0.05) is 121 Å². The molecule has 0 spiro atoms. The van der Waals surface area contributed by atoms with E-state index in [1.807, 2.05) is 0 Å². The highest BCUT2D eigenvalue weighted by Gasteiger charge is 2.23. The number of rotatable bonds is 5. The van der Waals surface area contributed by atoms with E-state index in [1.54, 1.807) is 0 Å². The summed E-state index contributed by atoms with van der Waals surface area (Å²) in [6.45, 7) is 0. The summed E-state index contributed by atoms with van der Waals surface area (Å²) in [6.07, 6.45) is 0. The molecule has 0 bridgehead atoms. The molecule has 0 atom stereocenters. The Morgan fingerprint density at radius 3 is 1.69 bits per heavy atom. The molecule has 3 heterocycles. The molecule has 0 N–H and O–H groups in total. The van der Waals surface area contributed by atoms with E-state index >= 15 is 0 Å². The Bertz CT molecular complexity index is 3390. The van der Waals surface area contributed by atoms with Gasteiger partial charge in [-0.2, -0.15) is 0 Å². The molecule has 12 aromatic rings. The molecule has 0 aliphatic rings. The van der Waals surface area contributed by atoms with Gasteiger partial charge in [0.2, 0.25) is 0 Å². The molecule has 0 fully saturated rings. The summed E-state index contributed by atoms with van der Waals surface area (Å²) in [5, 5.41) is 10.2. The van der Waals surface area contributed by atoms with Crippen LogP contribution in [0.25, 0.3) is 87.5 Å². The van der Waals surface area contributed by atoms with Crippen molar-refractivity contribution in [2.45, 2.75) is 0 Å². The summed E-state index contributed by atoms with van der Waals surface area (Å²) in [7, 11) is 0. The minimum atomic E-state index is 1.11. The highest BCUT2D eigenvalue weighted by Crippen LogP contribution is 2.46. The topological polar surface area (TPSA) is 12.6 Å². The van der Waals surface area contributed by atoms with Gasteiger partial charge in [-0.05, 0) is 106 Å². The lowest BCUT2D eigenvalue weighted by molar-refractivity contribution is 1.17. The third-order valence-electron chi connectivity index (χ3n) is 11.6. The van der Waals surface area contributed by atoms with Crippen molar-refractivity contribution in [3.05, 3.63) is 200 Å². The highest BCUT2D eigenvalue weighted by atomic mass is 15.1. The lowest BCUT2D eigenvalue weighted by atomic mass is 10.0. The van der Waals surface area contributed by atoms with Crippen LogP contribution in [-0.4, -0.2) is 8.97 Å². The Labute approximate surface area is 317 Å². The molecule has 0 radical (unpaired) electrons. The summed E-state index contributed by atoms with van der Waals surface area (Å²) in [4.78, 5) is 2.34. The minimum Gasteiger partial charge on any atom is -0.311 e. The highest BCUT2D eigenvalue weighted by molar-refractivity contribution is 6.33. The molecule has 0 saturated heterocycles. The van der Waals surface area contributed by atoms with Crippen LogP contribution in [0.2, 0.25) is 0 Å². The molecule has 256 valence electrons. The number of hydrogen-bond donors (Lipinski definition) is 0. The van der Waals surface area contributed by atoms with Crippen molar-refractivity contribution in [3.63, 3.8) is 0 Å². The van der Waals surface area contributed by atoms with Crippen molar-refractivity contribution in [1.82, 2.24) is 8.97 Å². The number of fused-ring (bicyclic) bond motifs is 7. The van der Waals surface area contributed by atoms with Gasteiger partial charge in [-0.25, -0.2) is 0 Å². The Morgan fingerprint density at radius 1 is 0.327 bits per heavy atom. The SMILES string of the molecule is c1ccc(-c2ccc(N(c3ccccc3)c3ccc(-n4c5cccc6c7ccccc7n7c8cc9ccccc9cc8c8ccc4c(c65)c87)cc3)cc2)cc1. The zero-order valence-corrected chi connectivity index (χ0v) is 29.9. The second-order valence-corrected chi connectivity index (χ2v) is 14.6. The zero-order chi connectivity index (χ0) is 36.0. The third-order valence-corrected chi connectivity index (χ3v) is 11.6. The van der Waals surface area contributed by atoms with Crippen molar-refractivity contribution in [3.8, 4) is 16.8 Å². The summed E-state index contributed by atoms with van der Waals surface area (Å²) >= 11 is 0. The van der Waals surface area contributed by atoms with E-state index in [0.29, 0.717) is 0 Å². The van der Waals surface area contributed by atoms with E-state index in [9.17, 15) is 0 Å². The smallest absolute Gasteiger partial charge is 0.0641 e. The van der Waals surface area contributed by atoms with E-state index in [0.717, 1.165) is 22.7 Å². The molecule has 9 aromatic carbocycles. The summed E-state index contributed by atoms with van der Waals surface area (Å²) in [6, 6.07) is 73.1. The molecule has 0 amide bonds. The Kier molecular flexibility index (Phi) is 6.34. The van der Waals surface area contributed by atoms with Crippen LogP contribution < -0.4 is 4.90 Å². The van der Waals surface area contributed by atoms with E-state index in [2.05, 4.69) is 214 Å². The van der Waals surface area contributed by atoms with Gasteiger partial charge in [0.25, 0.3) is 0 Å². The van der Waals surface area contributed by atoms with Crippen LogP contribution in [0.15, 0.2) is 200 Å². The standard InChI is InChI=1S/C52H33N3/c1-3-12-34(13-4-1)35-22-24-39(25-23-35)53(38-16-5-2-6-17-38)40-26-28-41(29-27-40)54-47-21-11-19-43-42-18-9-10-20-46(42)55-49-33-37-15-8-7-14-36(37)32-45(49)44-30-31-48(54)51(50(43)47)52(44)55/h1-33H. The van der Waals surface area contributed by atoms with Crippen molar-refractivity contribution in [2.75, 3.05) is 4.90 Å². The summed E-state index contributed by atoms with van der Waals surface area (Å²) in [5.41, 5.74) is 13.1. The van der Waals surface area contributed by atoms with Crippen molar-refractivity contribution >= 4 is 87.7 Å². The van der Waals surface area contributed by atoms with Gasteiger partial charge >= 0.3 is 0 Å². The molecule has 3 aromatic heterocycles. The summed E-state index contributed by atoms with van der Waals surface area (Å²) in [5.74, 6) is 0. The maximum Gasteiger partial charge on any atom is 0.0641 e. The van der Waals surface area contributed by atoms with Crippen LogP contribution in [0.5, 0.6) is 0 Å². The molecule has 3 heteroatoms. The van der Waals surface area contributed by atoms with Crippen molar-refractivity contribution in [1.29, 1.82) is 0 Å². The van der Waals surface area contributed by atoms with Gasteiger partial charge in [0.05, 0.1) is 27.6 Å². The molecule has 55 heavy (non-hydrogen) atoms. The van der Waals surface area contributed by atoms with Crippen LogP contribution in [0.1, 0.15) is 0 Å². The maximum absolute atomic E-state index is 2.53. The van der Waals surface area contributed by atoms with E-state index in [4.69, 9.17) is 0 Å². The first-order valence-electron chi connectivity index (χ1n) is 18.9. The molecular weight excluding hydrogens is 667 g/mol. The average molecular weight is 700 g/mol. The van der Waals surface area contributed by atoms with Crippen LogP contribution >= 0.6 is 0 Å². The van der Waals surface area contributed by atoms with Crippen LogP contribution in [0, 0.1) is 0 Å². The molecule has 3 nitrogen and oxygen atoms in total. The number of para-hydroxylation sites is 2. The molecule has 0 aliphatic carbocycles. The average Bonchev–Trinajstić information content (AvgIpc) is 3.72. The van der Waals surface area contributed by atoms with Gasteiger partial charge in [0.15, 0.2) is 0 Å². The number of benzene rings is 9. The second kappa shape index (κ2) is 11.6. The number of nitrogens with zero attached hydrogens (tertiary/aromatic N) is 3. The van der Waals surface area contributed by atoms with E-state index in [1.165, 1.54) is 81.8 Å². The Morgan fingerprint density at radius 2 is 0.909 bits per heavy atom. The lowest BCUT2D eigenvalue weighted by Gasteiger charge is -2.26. The number of aromatic nitrogens is 2. The molecule has 12 rings (SSSR count). The molecular formula is C52H33N3. The zero-order valence-electron chi connectivity index (χ0n) is 29.9. The normalized spacial score (nSPS) is 12.0. The fourth-order valence-electron chi connectivity index (χ4n) is 9.19. The van der Waals surface area contributed by atoms with Crippen LogP contribution in [0.3, 0.4) is 0 Å². The lowest BCUT2D eigenvalue weighted by Crippen LogP contribution is -2.10. The summed E-state index contributed by atoms with van der Waals surface area (Å²) < 4.78 is 4.99. The predicted molar refractivity (Wildman–Crippen MR) is 233 cm³/mol. The van der Waals surface area contributed by atoms with Crippen LogP contribution in [0.4, 0.5) is 17.1 Å². The van der Waals surface area contributed by atoms with Crippen LogP contribution in [-0.2, 0) is 0 Å². The molecule has 0 saturated carbocycles. The van der Waals surface area contributed by atoms with E-state index in [-0.39, 0.29) is 0 Å². The van der Waals surface area contributed by atoms with Gasteiger partial charge < -0.3 is 13.9 Å². The quantitative estimate of drug-likeness (QED) is 0.174. The number of anilines is 3. The first-order chi connectivity index (χ1) is 27.3. The fourth-order valence-corrected chi connectivity index (χ4v) is 9.19. The first-order valence-corrected chi connectivity index (χ1v) is 18.9. The largest absolute Gasteiger partial charge is 0.311 e. The van der Waals surface area contributed by atoms with Gasteiger partial charge in [0.1, 0.15) is 0 Å². The Balaban J connectivity index is 1.09. The second-order valence-electron chi connectivity index (χ2n) is 14.6. The van der Waals surface area contributed by atoms with E-state index < -0.39 is 0 Å². The van der Waals surface area contributed by atoms with Gasteiger partial charge in [0, 0.05) is 49.7 Å². The number of hydrogen-bond acceptors (Lipinski definition) is 1. The van der Waals surface area contributed by atoms with Crippen molar-refractivity contribution < 1.29 is 0 Å². The minimum absolute atomic E-state index is 1.11. The predicted octanol–water partition coefficient (Wildman–Crippen LogP) is 14.2. The molecule has 0 aliphatic heterocycles. The first kappa shape index (κ1) is 30.1.